The van der Waals surface area contributed by atoms with Crippen LogP contribution in [-0.4, -0.2) is 39.4 Å². The predicted molar refractivity (Wildman–Crippen MR) is 82.8 cm³/mol. The molecular formula is C12H11ClN8S. The van der Waals surface area contributed by atoms with E-state index in [1.165, 1.54) is 11.3 Å². The largest absolute Gasteiger partial charge is 0.264 e. The van der Waals surface area contributed by atoms with Crippen LogP contribution in [0.5, 0.6) is 0 Å². The van der Waals surface area contributed by atoms with Gasteiger partial charge < -0.3 is 0 Å². The van der Waals surface area contributed by atoms with Gasteiger partial charge in [0.05, 0.1) is 16.9 Å². The van der Waals surface area contributed by atoms with Crippen LogP contribution in [0.3, 0.4) is 0 Å². The zero-order valence-corrected chi connectivity index (χ0v) is 13.6. The van der Waals surface area contributed by atoms with Crippen LogP contribution < -0.4 is 0 Å². The molecule has 0 aliphatic heterocycles. The summed E-state index contributed by atoms with van der Waals surface area (Å²) in [5.74, 6) is 0.652. The summed E-state index contributed by atoms with van der Waals surface area (Å²) in [6, 6.07) is 1.95. The lowest BCUT2D eigenvalue weighted by Gasteiger charge is -1.98. The smallest absolute Gasteiger partial charge is 0.235 e. The summed E-state index contributed by atoms with van der Waals surface area (Å²) < 4.78 is 5.17. The molecule has 10 heteroatoms. The van der Waals surface area contributed by atoms with E-state index >= 15 is 0 Å². The normalized spacial score (nSPS) is 11.6. The van der Waals surface area contributed by atoms with Gasteiger partial charge in [-0.1, -0.05) is 22.9 Å². The second-order valence-corrected chi connectivity index (χ2v) is 6.25. The number of hydrogen-bond donors (Lipinski definition) is 0. The zero-order valence-electron chi connectivity index (χ0n) is 12.0. The quantitative estimate of drug-likeness (QED) is 0.560. The van der Waals surface area contributed by atoms with Gasteiger partial charge in [-0.15, -0.1) is 10.2 Å². The summed E-state index contributed by atoms with van der Waals surface area (Å²) in [7, 11) is 3.70. The van der Waals surface area contributed by atoms with Crippen LogP contribution in [0.15, 0.2) is 12.3 Å². The Kier molecular flexibility index (Phi) is 2.81. The van der Waals surface area contributed by atoms with Crippen molar-refractivity contribution in [3.8, 4) is 22.2 Å². The van der Waals surface area contributed by atoms with Gasteiger partial charge in [-0.05, 0) is 13.0 Å². The van der Waals surface area contributed by atoms with Gasteiger partial charge >= 0.3 is 0 Å². The Morgan fingerprint density at radius 3 is 2.59 bits per heavy atom. The highest BCUT2D eigenvalue weighted by Crippen LogP contribution is 2.32. The summed E-state index contributed by atoms with van der Waals surface area (Å²) >= 11 is 7.60. The van der Waals surface area contributed by atoms with Gasteiger partial charge in [-0.25, -0.2) is 0 Å². The van der Waals surface area contributed by atoms with Gasteiger partial charge in [0.25, 0.3) is 0 Å². The molecule has 22 heavy (non-hydrogen) atoms. The van der Waals surface area contributed by atoms with Crippen molar-refractivity contribution in [1.29, 1.82) is 0 Å². The third kappa shape index (κ3) is 1.86. The lowest BCUT2D eigenvalue weighted by molar-refractivity contribution is 0.753. The summed E-state index contributed by atoms with van der Waals surface area (Å²) in [4.78, 5) is 0.695. The summed E-state index contributed by atoms with van der Waals surface area (Å²) in [5.41, 5.74) is 2.54. The molecule has 0 spiro atoms. The van der Waals surface area contributed by atoms with Crippen molar-refractivity contribution < 1.29 is 0 Å². The summed E-state index contributed by atoms with van der Waals surface area (Å²) in [5, 5.41) is 22.8. The molecule has 8 nitrogen and oxygen atoms in total. The van der Waals surface area contributed by atoms with E-state index in [1.54, 1.807) is 20.1 Å². The van der Waals surface area contributed by atoms with E-state index < -0.39 is 0 Å². The molecule has 0 aliphatic rings. The summed E-state index contributed by atoms with van der Waals surface area (Å²) in [6.45, 7) is 1.93. The third-order valence-corrected chi connectivity index (χ3v) is 4.50. The Labute approximate surface area is 134 Å². The van der Waals surface area contributed by atoms with Crippen molar-refractivity contribution in [2.45, 2.75) is 6.92 Å². The van der Waals surface area contributed by atoms with Crippen LogP contribution in [0.2, 0.25) is 5.02 Å². The molecule has 0 aliphatic carbocycles. The third-order valence-electron chi connectivity index (χ3n) is 3.32. The zero-order chi connectivity index (χ0) is 15.4. The molecule has 0 bridgehead atoms. The fourth-order valence-corrected chi connectivity index (χ4v) is 3.58. The maximum Gasteiger partial charge on any atom is 0.235 e. The van der Waals surface area contributed by atoms with Gasteiger partial charge in [-0.2, -0.15) is 19.8 Å². The minimum Gasteiger partial charge on any atom is -0.264 e. The Hall–Kier alpha value is -2.26. The minimum atomic E-state index is 0.561. The minimum absolute atomic E-state index is 0.561. The number of nitrogens with zero attached hydrogens (tertiary/aromatic N) is 8. The molecule has 0 saturated heterocycles. The lowest BCUT2D eigenvalue weighted by Crippen LogP contribution is -1.99. The number of aromatic nitrogens is 8. The molecule has 0 atom stereocenters. The van der Waals surface area contributed by atoms with E-state index in [1.807, 2.05) is 27.1 Å². The highest BCUT2D eigenvalue weighted by atomic mass is 35.5. The first-order valence-corrected chi connectivity index (χ1v) is 7.65. The first kappa shape index (κ1) is 13.4. The number of fused-ring (bicyclic) bond motifs is 1. The van der Waals surface area contributed by atoms with E-state index in [4.69, 9.17) is 11.6 Å². The van der Waals surface area contributed by atoms with E-state index in [9.17, 15) is 0 Å². The molecule has 0 N–H and O–H groups in total. The predicted octanol–water partition coefficient (Wildman–Crippen LogP) is 1.95. The number of rotatable bonds is 2. The highest BCUT2D eigenvalue weighted by Gasteiger charge is 2.20. The second kappa shape index (κ2) is 4.62. The maximum absolute atomic E-state index is 6.18. The first-order valence-electron chi connectivity index (χ1n) is 6.45. The summed E-state index contributed by atoms with van der Waals surface area (Å²) in [6.07, 6.45) is 1.60. The molecule has 4 rings (SSSR count). The van der Waals surface area contributed by atoms with Crippen molar-refractivity contribution in [2.24, 2.45) is 14.1 Å². The Morgan fingerprint density at radius 1 is 1.14 bits per heavy atom. The average Bonchev–Trinajstić information content (AvgIpc) is 3.16. The van der Waals surface area contributed by atoms with Gasteiger partial charge in [0.2, 0.25) is 10.8 Å². The Morgan fingerprint density at radius 2 is 1.95 bits per heavy atom. The van der Waals surface area contributed by atoms with Crippen LogP contribution >= 0.6 is 22.9 Å². The molecule has 0 aromatic carbocycles. The average molecular weight is 335 g/mol. The highest BCUT2D eigenvalue weighted by molar-refractivity contribution is 7.19. The topological polar surface area (TPSA) is 78.7 Å². The van der Waals surface area contributed by atoms with Crippen LogP contribution in [0, 0.1) is 6.92 Å². The van der Waals surface area contributed by atoms with E-state index in [0.717, 1.165) is 22.1 Å². The Balaban J connectivity index is 1.92. The fourth-order valence-electron chi connectivity index (χ4n) is 2.34. The standard InChI is InChI=1S/C12H11ClN8S/c1-6-4-8(19(2)17-6)10-15-16-12-21(10)18-11(22-12)9-7(13)5-14-20(9)3/h4-5H,1-3H3. The molecular weight excluding hydrogens is 324 g/mol. The van der Waals surface area contributed by atoms with E-state index in [0.29, 0.717) is 15.8 Å². The number of halogens is 1. The number of hydrogen-bond acceptors (Lipinski definition) is 6. The van der Waals surface area contributed by atoms with Crippen molar-refractivity contribution in [3.05, 3.63) is 23.0 Å². The fraction of sp³-hybridized carbons (Fsp3) is 0.250. The number of aryl methyl sites for hydroxylation is 3. The molecule has 0 radical (unpaired) electrons. The van der Waals surface area contributed by atoms with Gasteiger partial charge in [0.15, 0.2) is 5.01 Å². The van der Waals surface area contributed by atoms with Crippen molar-refractivity contribution in [1.82, 2.24) is 39.4 Å². The van der Waals surface area contributed by atoms with Gasteiger partial charge in [0.1, 0.15) is 11.4 Å². The van der Waals surface area contributed by atoms with Crippen molar-refractivity contribution >= 4 is 27.9 Å². The molecule has 4 heterocycles. The second-order valence-electron chi connectivity index (χ2n) is 4.88. The molecule has 0 saturated carbocycles. The van der Waals surface area contributed by atoms with Crippen LogP contribution in [0.1, 0.15) is 5.69 Å². The molecule has 112 valence electrons. The molecule has 4 aromatic heterocycles. The molecule has 0 amide bonds. The van der Waals surface area contributed by atoms with Gasteiger partial charge in [-0.3, -0.25) is 9.36 Å². The molecule has 0 unspecified atom stereocenters. The van der Waals surface area contributed by atoms with Crippen LogP contribution in [0.4, 0.5) is 0 Å². The van der Waals surface area contributed by atoms with Crippen LogP contribution in [-0.2, 0) is 14.1 Å². The van der Waals surface area contributed by atoms with E-state index in [2.05, 4.69) is 25.5 Å². The van der Waals surface area contributed by atoms with Crippen LogP contribution in [0.25, 0.3) is 27.2 Å². The van der Waals surface area contributed by atoms with Crippen molar-refractivity contribution in [2.75, 3.05) is 0 Å². The van der Waals surface area contributed by atoms with Crippen molar-refractivity contribution in [3.63, 3.8) is 0 Å². The van der Waals surface area contributed by atoms with Gasteiger partial charge in [0, 0.05) is 14.1 Å². The molecule has 0 fully saturated rings. The monoisotopic (exact) mass is 334 g/mol. The molecule has 4 aromatic rings. The SMILES string of the molecule is Cc1cc(-c2nnc3sc(-c4c(Cl)cnn4C)nn23)n(C)n1. The lowest BCUT2D eigenvalue weighted by atomic mass is 10.3. The first-order chi connectivity index (χ1) is 10.5. The van der Waals surface area contributed by atoms with E-state index in [-0.39, 0.29) is 0 Å². The Bertz CT molecular complexity index is 971. The maximum atomic E-state index is 6.18.